The maximum absolute atomic E-state index is 12.3. The fraction of sp³-hybridized carbons (Fsp3) is 0.217. The maximum atomic E-state index is 12.3. The molecule has 1 aliphatic heterocycles. The van der Waals surface area contributed by atoms with Crippen LogP contribution in [0.2, 0.25) is 0 Å². The third-order valence-corrected chi connectivity index (χ3v) is 4.97. The molecule has 4 rings (SSSR count). The van der Waals surface area contributed by atoms with Crippen molar-refractivity contribution in [3.8, 4) is 0 Å². The molecule has 3 aromatic rings. The van der Waals surface area contributed by atoms with E-state index in [4.69, 9.17) is 4.74 Å². The van der Waals surface area contributed by atoms with E-state index in [1.807, 2.05) is 30.5 Å². The molecule has 1 fully saturated rings. The Bertz CT molecular complexity index is 1080. The van der Waals surface area contributed by atoms with Gasteiger partial charge in [-0.1, -0.05) is 24.3 Å². The zero-order valence-corrected chi connectivity index (χ0v) is 16.9. The zero-order chi connectivity index (χ0) is 21.6. The smallest absolute Gasteiger partial charge is 0.338 e. The number of benzene rings is 2. The van der Waals surface area contributed by atoms with Crippen molar-refractivity contribution in [1.29, 1.82) is 0 Å². The average molecular weight is 418 g/mol. The molecule has 1 aromatic heterocycles. The molecule has 0 spiro atoms. The topological polar surface area (TPSA) is 93.5 Å². The lowest BCUT2D eigenvalue weighted by molar-refractivity contribution is -0.119. The van der Waals surface area contributed by atoms with Gasteiger partial charge in [0.15, 0.2) is 6.61 Å². The third kappa shape index (κ3) is 4.98. The number of anilines is 2. The molecular weight excluding hydrogens is 396 g/mol. The highest BCUT2D eigenvalue weighted by atomic mass is 16.5. The molecule has 2 aromatic carbocycles. The van der Waals surface area contributed by atoms with E-state index in [2.05, 4.69) is 10.4 Å². The van der Waals surface area contributed by atoms with E-state index >= 15 is 0 Å². The van der Waals surface area contributed by atoms with Gasteiger partial charge in [-0.3, -0.25) is 14.3 Å². The normalized spacial score (nSPS) is 13.3. The van der Waals surface area contributed by atoms with Gasteiger partial charge in [-0.05, 0) is 42.3 Å². The lowest BCUT2D eigenvalue weighted by Gasteiger charge is -2.19. The molecule has 1 saturated heterocycles. The van der Waals surface area contributed by atoms with Crippen molar-refractivity contribution in [1.82, 2.24) is 9.78 Å². The molecule has 8 heteroatoms. The van der Waals surface area contributed by atoms with Gasteiger partial charge in [0, 0.05) is 25.4 Å². The quantitative estimate of drug-likeness (QED) is 0.596. The molecule has 0 unspecified atom stereocenters. The van der Waals surface area contributed by atoms with E-state index in [0.29, 0.717) is 36.4 Å². The molecule has 0 bridgehead atoms. The minimum atomic E-state index is -0.580. The fourth-order valence-electron chi connectivity index (χ4n) is 3.45. The van der Waals surface area contributed by atoms with Crippen LogP contribution in [0.5, 0.6) is 0 Å². The number of amides is 2. The molecular formula is C23H22N4O4. The van der Waals surface area contributed by atoms with Crippen LogP contribution in [0.1, 0.15) is 28.8 Å². The largest absolute Gasteiger partial charge is 0.452 e. The van der Waals surface area contributed by atoms with Crippen LogP contribution in [-0.4, -0.2) is 40.7 Å². The molecule has 0 radical (unpaired) electrons. The van der Waals surface area contributed by atoms with Crippen LogP contribution in [0.25, 0.3) is 0 Å². The minimum Gasteiger partial charge on any atom is -0.452 e. The highest BCUT2D eigenvalue weighted by Crippen LogP contribution is 2.29. The number of hydrogen-bond acceptors (Lipinski definition) is 5. The number of para-hydroxylation sites is 2. The van der Waals surface area contributed by atoms with Gasteiger partial charge in [0.2, 0.25) is 5.91 Å². The van der Waals surface area contributed by atoms with Crippen molar-refractivity contribution >= 4 is 29.2 Å². The highest BCUT2D eigenvalue weighted by molar-refractivity contribution is 6.02. The van der Waals surface area contributed by atoms with Crippen LogP contribution in [-0.2, 0) is 20.9 Å². The monoisotopic (exact) mass is 418 g/mol. The predicted octanol–water partition coefficient (Wildman–Crippen LogP) is 2.85. The Kier molecular flexibility index (Phi) is 6.07. The number of carbonyl (C=O) groups is 3. The van der Waals surface area contributed by atoms with Crippen LogP contribution < -0.4 is 10.2 Å². The van der Waals surface area contributed by atoms with Gasteiger partial charge < -0.3 is 15.0 Å². The van der Waals surface area contributed by atoms with Gasteiger partial charge in [-0.2, -0.15) is 5.10 Å². The minimum absolute atomic E-state index is 0.0316. The van der Waals surface area contributed by atoms with Crippen molar-refractivity contribution in [3.63, 3.8) is 0 Å². The number of carbonyl (C=O) groups excluding carboxylic acids is 3. The SMILES string of the molecule is O=C(COC(=O)c1ccc(Cn2cccn2)cc1)Nc1ccccc1N1CCCC1=O. The Morgan fingerprint density at radius 2 is 1.87 bits per heavy atom. The lowest BCUT2D eigenvalue weighted by atomic mass is 10.1. The van der Waals surface area contributed by atoms with Crippen LogP contribution in [0.15, 0.2) is 67.0 Å². The molecule has 158 valence electrons. The van der Waals surface area contributed by atoms with Gasteiger partial charge in [-0.25, -0.2) is 4.79 Å². The molecule has 0 aliphatic carbocycles. The Hall–Kier alpha value is -3.94. The van der Waals surface area contributed by atoms with E-state index in [1.165, 1.54) is 0 Å². The molecule has 2 heterocycles. The maximum Gasteiger partial charge on any atom is 0.338 e. The summed E-state index contributed by atoms with van der Waals surface area (Å²) in [5, 5.41) is 6.88. The van der Waals surface area contributed by atoms with Crippen molar-refractivity contribution in [2.75, 3.05) is 23.4 Å². The molecule has 1 N–H and O–H groups in total. The Labute approximate surface area is 179 Å². The van der Waals surface area contributed by atoms with Crippen molar-refractivity contribution < 1.29 is 19.1 Å². The first kappa shape index (κ1) is 20.3. The summed E-state index contributed by atoms with van der Waals surface area (Å²) in [7, 11) is 0. The van der Waals surface area contributed by atoms with E-state index in [0.717, 1.165) is 12.0 Å². The van der Waals surface area contributed by atoms with E-state index in [1.54, 1.807) is 46.1 Å². The fourth-order valence-corrected chi connectivity index (χ4v) is 3.45. The molecule has 1 aliphatic rings. The number of esters is 1. The van der Waals surface area contributed by atoms with Gasteiger partial charge >= 0.3 is 5.97 Å². The van der Waals surface area contributed by atoms with Gasteiger partial charge in [-0.15, -0.1) is 0 Å². The molecule has 2 amide bonds. The van der Waals surface area contributed by atoms with E-state index in [9.17, 15) is 14.4 Å². The summed E-state index contributed by atoms with van der Waals surface area (Å²) in [6.45, 7) is 0.802. The van der Waals surface area contributed by atoms with Crippen molar-refractivity contribution in [2.24, 2.45) is 0 Å². The second-order valence-electron chi connectivity index (χ2n) is 7.19. The van der Waals surface area contributed by atoms with Crippen molar-refractivity contribution in [2.45, 2.75) is 19.4 Å². The second-order valence-corrected chi connectivity index (χ2v) is 7.19. The zero-order valence-electron chi connectivity index (χ0n) is 16.9. The highest BCUT2D eigenvalue weighted by Gasteiger charge is 2.24. The standard InChI is InChI=1S/C23H22N4O4/c28-21(25-19-5-1-2-6-20(19)27-14-3-7-22(27)29)16-31-23(30)18-10-8-17(9-11-18)15-26-13-4-12-24-26/h1-2,4-6,8-13H,3,7,14-16H2,(H,25,28). The predicted molar refractivity (Wildman–Crippen MR) is 115 cm³/mol. The Balaban J connectivity index is 1.32. The lowest BCUT2D eigenvalue weighted by Crippen LogP contribution is -2.27. The Morgan fingerprint density at radius 3 is 2.58 bits per heavy atom. The summed E-state index contributed by atoms with van der Waals surface area (Å²) >= 11 is 0. The number of rotatable bonds is 7. The molecule has 31 heavy (non-hydrogen) atoms. The number of nitrogens with one attached hydrogen (secondary N) is 1. The number of ether oxygens (including phenoxy) is 1. The van der Waals surface area contributed by atoms with Gasteiger partial charge in [0.25, 0.3) is 5.91 Å². The number of nitrogens with zero attached hydrogens (tertiary/aromatic N) is 3. The number of aromatic nitrogens is 2. The first-order valence-corrected chi connectivity index (χ1v) is 10.0. The summed E-state index contributed by atoms with van der Waals surface area (Å²) in [6, 6.07) is 15.9. The van der Waals surface area contributed by atoms with Gasteiger partial charge in [0.05, 0.1) is 23.5 Å². The average Bonchev–Trinajstić information content (AvgIpc) is 3.45. The molecule has 0 atom stereocenters. The first-order chi connectivity index (χ1) is 15.1. The summed E-state index contributed by atoms with van der Waals surface area (Å²) < 4.78 is 6.93. The third-order valence-electron chi connectivity index (χ3n) is 4.97. The van der Waals surface area contributed by atoms with Gasteiger partial charge in [0.1, 0.15) is 0 Å². The molecule has 8 nitrogen and oxygen atoms in total. The summed E-state index contributed by atoms with van der Waals surface area (Å²) in [4.78, 5) is 38.3. The summed E-state index contributed by atoms with van der Waals surface area (Å²) in [6.07, 6.45) is 4.86. The van der Waals surface area contributed by atoms with Crippen LogP contribution >= 0.6 is 0 Å². The van der Waals surface area contributed by atoms with Crippen LogP contribution in [0.4, 0.5) is 11.4 Å². The van der Waals surface area contributed by atoms with Crippen LogP contribution in [0, 0.1) is 0 Å². The Morgan fingerprint density at radius 1 is 1.06 bits per heavy atom. The van der Waals surface area contributed by atoms with E-state index in [-0.39, 0.29) is 5.91 Å². The summed E-state index contributed by atoms with van der Waals surface area (Å²) in [5.74, 6) is -1.02. The molecule has 0 saturated carbocycles. The van der Waals surface area contributed by atoms with Crippen LogP contribution in [0.3, 0.4) is 0 Å². The van der Waals surface area contributed by atoms with E-state index < -0.39 is 18.5 Å². The first-order valence-electron chi connectivity index (χ1n) is 10.0. The summed E-state index contributed by atoms with van der Waals surface area (Å²) in [5.41, 5.74) is 2.52. The van der Waals surface area contributed by atoms with Crippen molar-refractivity contribution in [3.05, 3.63) is 78.1 Å². The second kappa shape index (κ2) is 9.25. The number of hydrogen-bond donors (Lipinski definition) is 1.